The summed E-state index contributed by atoms with van der Waals surface area (Å²) in [6.45, 7) is 1.74. The third kappa shape index (κ3) is 3.95. The lowest BCUT2D eigenvalue weighted by atomic mass is 10.1. The summed E-state index contributed by atoms with van der Waals surface area (Å²) in [6.07, 6.45) is 2.75. The van der Waals surface area contributed by atoms with Crippen LogP contribution in [0.15, 0.2) is 42.6 Å². The van der Waals surface area contributed by atoms with Gasteiger partial charge in [-0.2, -0.15) is 0 Å². The van der Waals surface area contributed by atoms with Gasteiger partial charge in [0.25, 0.3) is 0 Å². The van der Waals surface area contributed by atoms with Crippen molar-refractivity contribution in [2.24, 2.45) is 0 Å². The van der Waals surface area contributed by atoms with Gasteiger partial charge in [0, 0.05) is 49.2 Å². The maximum atomic E-state index is 6.12. The number of nitrogens with zero attached hydrogens (tertiary/aromatic N) is 2. The quantitative estimate of drug-likeness (QED) is 0.885. The monoisotopic (exact) mass is 289 g/mol. The first-order valence-electron chi connectivity index (χ1n) is 6.75. The van der Waals surface area contributed by atoms with Gasteiger partial charge >= 0.3 is 0 Å². The molecule has 1 heterocycles. The largest absolute Gasteiger partial charge is 0.374 e. The molecule has 3 nitrogen and oxygen atoms in total. The molecule has 0 bridgehead atoms. The number of rotatable bonds is 6. The van der Waals surface area contributed by atoms with Crippen molar-refractivity contribution in [3.63, 3.8) is 0 Å². The third-order valence-corrected chi connectivity index (χ3v) is 3.49. The van der Waals surface area contributed by atoms with E-state index >= 15 is 0 Å². The number of pyridine rings is 1. The fourth-order valence-corrected chi connectivity index (χ4v) is 2.35. The van der Waals surface area contributed by atoms with Crippen molar-refractivity contribution in [3.05, 3.63) is 58.9 Å². The van der Waals surface area contributed by atoms with Crippen molar-refractivity contribution in [2.75, 3.05) is 25.5 Å². The molecule has 1 aromatic heterocycles. The van der Waals surface area contributed by atoms with Crippen LogP contribution in [0.2, 0.25) is 5.02 Å². The second kappa shape index (κ2) is 7.27. The van der Waals surface area contributed by atoms with Crippen molar-refractivity contribution < 1.29 is 0 Å². The maximum Gasteiger partial charge on any atom is 0.0426 e. The molecule has 0 aliphatic carbocycles. The smallest absolute Gasteiger partial charge is 0.0426 e. The molecule has 0 aliphatic heterocycles. The molecule has 20 heavy (non-hydrogen) atoms. The van der Waals surface area contributed by atoms with Crippen molar-refractivity contribution in [1.29, 1.82) is 0 Å². The predicted octanol–water partition coefficient (Wildman–Crippen LogP) is 3.13. The summed E-state index contributed by atoms with van der Waals surface area (Å²) in [5.74, 6) is 0. The summed E-state index contributed by atoms with van der Waals surface area (Å²) in [5.41, 5.74) is 3.53. The highest BCUT2D eigenvalue weighted by molar-refractivity contribution is 6.30. The molecule has 0 radical (unpaired) electrons. The number of likely N-dealkylation sites (N-methyl/N-ethyl adjacent to an activating group) is 1. The minimum atomic E-state index is 0.768. The molecule has 0 amide bonds. The Morgan fingerprint density at radius 3 is 2.80 bits per heavy atom. The normalized spacial score (nSPS) is 10.6. The van der Waals surface area contributed by atoms with Gasteiger partial charge in [-0.15, -0.1) is 0 Å². The van der Waals surface area contributed by atoms with Crippen LogP contribution in [0.5, 0.6) is 0 Å². The highest BCUT2D eigenvalue weighted by Gasteiger charge is 2.08. The topological polar surface area (TPSA) is 28.2 Å². The van der Waals surface area contributed by atoms with Crippen LogP contribution in [0, 0.1) is 0 Å². The predicted molar refractivity (Wildman–Crippen MR) is 85.4 cm³/mol. The second-order valence-electron chi connectivity index (χ2n) is 4.80. The standard InChI is InChI=1S/C16H20ClN3/c1-18-12-13-6-7-14(17)11-16(13)20(2)10-8-15-5-3-4-9-19-15/h3-7,9,11,18H,8,10,12H2,1-2H3. The average molecular weight is 290 g/mol. The zero-order chi connectivity index (χ0) is 14.4. The number of anilines is 1. The van der Waals surface area contributed by atoms with Crippen molar-refractivity contribution in [3.8, 4) is 0 Å². The molecule has 0 aliphatic rings. The number of hydrogen-bond donors (Lipinski definition) is 1. The van der Waals surface area contributed by atoms with Gasteiger partial charge in [0.2, 0.25) is 0 Å². The Hall–Kier alpha value is -1.58. The minimum Gasteiger partial charge on any atom is -0.374 e. The van der Waals surface area contributed by atoms with Crippen LogP contribution >= 0.6 is 11.6 Å². The first kappa shape index (κ1) is 14.8. The molecule has 2 rings (SSSR count). The molecule has 1 aromatic carbocycles. The molecule has 106 valence electrons. The molecule has 0 spiro atoms. The molecular formula is C16H20ClN3. The van der Waals surface area contributed by atoms with Crippen molar-refractivity contribution in [2.45, 2.75) is 13.0 Å². The molecule has 1 N–H and O–H groups in total. The Balaban J connectivity index is 2.08. The van der Waals surface area contributed by atoms with E-state index in [1.165, 1.54) is 11.3 Å². The van der Waals surface area contributed by atoms with Gasteiger partial charge in [-0.25, -0.2) is 0 Å². The van der Waals surface area contributed by atoms with E-state index in [-0.39, 0.29) is 0 Å². The number of benzene rings is 1. The first-order chi connectivity index (χ1) is 9.70. The Morgan fingerprint density at radius 2 is 2.10 bits per heavy atom. The highest BCUT2D eigenvalue weighted by atomic mass is 35.5. The number of halogens is 1. The van der Waals surface area contributed by atoms with Crippen LogP contribution in [0.4, 0.5) is 5.69 Å². The van der Waals surface area contributed by atoms with E-state index in [2.05, 4.69) is 34.4 Å². The van der Waals surface area contributed by atoms with E-state index in [4.69, 9.17) is 11.6 Å². The van der Waals surface area contributed by atoms with Gasteiger partial charge in [0.05, 0.1) is 0 Å². The lowest BCUT2D eigenvalue weighted by Crippen LogP contribution is -2.23. The third-order valence-electron chi connectivity index (χ3n) is 3.26. The van der Waals surface area contributed by atoms with Crippen LogP contribution in [0.1, 0.15) is 11.3 Å². The summed E-state index contributed by atoms with van der Waals surface area (Å²) < 4.78 is 0. The lowest BCUT2D eigenvalue weighted by molar-refractivity contribution is 0.798. The van der Waals surface area contributed by atoms with Crippen molar-refractivity contribution in [1.82, 2.24) is 10.3 Å². The highest BCUT2D eigenvalue weighted by Crippen LogP contribution is 2.24. The van der Waals surface area contributed by atoms with Gasteiger partial charge in [-0.3, -0.25) is 4.98 Å². The fraction of sp³-hybridized carbons (Fsp3) is 0.312. The van der Waals surface area contributed by atoms with Gasteiger partial charge in [-0.05, 0) is 36.9 Å². The number of aromatic nitrogens is 1. The maximum absolute atomic E-state index is 6.12. The summed E-state index contributed by atoms with van der Waals surface area (Å²) >= 11 is 6.12. The van der Waals surface area contributed by atoms with E-state index in [9.17, 15) is 0 Å². The minimum absolute atomic E-state index is 0.768. The van der Waals surface area contributed by atoms with Gasteiger partial charge in [0.1, 0.15) is 0 Å². The zero-order valence-electron chi connectivity index (χ0n) is 11.9. The van der Waals surface area contributed by atoms with E-state index in [1.54, 1.807) is 0 Å². The summed E-state index contributed by atoms with van der Waals surface area (Å²) in [5, 5.41) is 3.96. The van der Waals surface area contributed by atoms with Gasteiger partial charge in [0.15, 0.2) is 0 Å². The Bertz CT molecular complexity index is 543. The van der Waals surface area contributed by atoms with E-state index in [1.807, 2.05) is 37.5 Å². The van der Waals surface area contributed by atoms with Gasteiger partial charge in [-0.1, -0.05) is 23.7 Å². The molecule has 0 fully saturated rings. The van der Waals surface area contributed by atoms with E-state index < -0.39 is 0 Å². The molecule has 0 saturated heterocycles. The number of hydrogen-bond acceptors (Lipinski definition) is 3. The second-order valence-corrected chi connectivity index (χ2v) is 5.23. The van der Waals surface area contributed by atoms with Crippen LogP contribution in [-0.4, -0.2) is 25.6 Å². The Morgan fingerprint density at radius 1 is 1.25 bits per heavy atom. The molecular weight excluding hydrogens is 270 g/mol. The SMILES string of the molecule is CNCc1ccc(Cl)cc1N(C)CCc1ccccn1. The van der Waals surface area contributed by atoms with E-state index in [0.717, 1.165) is 30.2 Å². The summed E-state index contributed by atoms with van der Waals surface area (Å²) in [4.78, 5) is 6.59. The molecule has 0 unspecified atom stereocenters. The molecule has 2 aromatic rings. The fourth-order valence-electron chi connectivity index (χ4n) is 2.18. The van der Waals surface area contributed by atoms with Crippen LogP contribution < -0.4 is 10.2 Å². The molecule has 4 heteroatoms. The van der Waals surface area contributed by atoms with Crippen LogP contribution in [0.3, 0.4) is 0 Å². The van der Waals surface area contributed by atoms with Crippen LogP contribution in [0.25, 0.3) is 0 Å². The first-order valence-corrected chi connectivity index (χ1v) is 7.12. The Kier molecular flexibility index (Phi) is 5.39. The zero-order valence-corrected chi connectivity index (χ0v) is 12.7. The lowest BCUT2D eigenvalue weighted by Gasteiger charge is -2.22. The molecule has 0 saturated carbocycles. The molecule has 0 atom stereocenters. The van der Waals surface area contributed by atoms with Gasteiger partial charge < -0.3 is 10.2 Å². The van der Waals surface area contributed by atoms with Crippen LogP contribution in [-0.2, 0) is 13.0 Å². The van der Waals surface area contributed by atoms with E-state index in [0.29, 0.717) is 0 Å². The average Bonchev–Trinajstić information content (AvgIpc) is 2.48. The summed E-state index contributed by atoms with van der Waals surface area (Å²) in [7, 11) is 4.04. The number of nitrogens with one attached hydrogen (secondary N) is 1. The Labute approximate surface area is 125 Å². The summed E-state index contributed by atoms with van der Waals surface area (Å²) in [6, 6.07) is 12.0. The van der Waals surface area contributed by atoms with Crippen molar-refractivity contribution >= 4 is 17.3 Å².